The molecule has 6 rings (SSSR count). The van der Waals surface area contributed by atoms with E-state index in [4.69, 9.17) is 9.72 Å². The van der Waals surface area contributed by atoms with Crippen LogP contribution in [0.1, 0.15) is 12.0 Å². The van der Waals surface area contributed by atoms with E-state index in [1.54, 1.807) is 29.4 Å². The molecule has 0 saturated carbocycles. The summed E-state index contributed by atoms with van der Waals surface area (Å²) in [6, 6.07) is 13.5. The fourth-order valence-electron chi connectivity index (χ4n) is 4.82. The normalized spacial score (nSPS) is 13.7. The van der Waals surface area contributed by atoms with Gasteiger partial charge in [-0.1, -0.05) is 6.58 Å². The second kappa shape index (κ2) is 10.8. The molecule has 0 atom stereocenters. The number of alkyl halides is 2. The van der Waals surface area contributed by atoms with E-state index < -0.39 is 6.43 Å². The molecule has 5 aromatic rings. The maximum absolute atomic E-state index is 14.1. The molecule has 208 valence electrons. The summed E-state index contributed by atoms with van der Waals surface area (Å²) in [6.07, 6.45) is 1.62. The molecule has 0 radical (unpaired) electrons. The lowest BCUT2D eigenvalue weighted by Gasteiger charge is -2.35. The molecule has 1 fully saturated rings. The number of hydrogen-bond acceptors (Lipinski definition) is 8. The van der Waals surface area contributed by atoms with E-state index in [0.717, 1.165) is 5.52 Å². The quantitative estimate of drug-likeness (QED) is 0.273. The van der Waals surface area contributed by atoms with E-state index >= 15 is 0 Å². The highest BCUT2D eigenvalue weighted by Gasteiger charge is 2.21. The van der Waals surface area contributed by atoms with Gasteiger partial charge in [0.05, 0.1) is 28.4 Å². The van der Waals surface area contributed by atoms with Gasteiger partial charge in [-0.05, 0) is 48.5 Å². The van der Waals surface area contributed by atoms with Crippen molar-refractivity contribution in [2.24, 2.45) is 7.05 Å². The Labute approximate surface area is 233 Å². The van der Waals surface area contributed by atoms with Crippen molar-refractivity contribution in [3.05, 3.63) is 79.4 Å². The predicted molar refractivity (Wildman–Crippen MR) is 152 cm³/mol. The van der Waals surface area contributed by atoms with Gasteiger partial charge in [-0.15, -0.1) is 0 Å². The number of hydrogen-bond donors (Lipinski definition) is 1. The van der Waals surface area contributed by atoms with Gasteiger partial charge in [-0.2, -0.15) is 0 Å². The van der Waals surface area contributed by atoms with Crippen LogP contribution in [0.5, 0.6) is 11.5 Å². The van der Waals surface area contributed by atoms with Crippen molar-refractivity contribution in [2.45, 2.75) is 6.43 Å². The molecule has 1 N–H and O–H groups in total. The third-order valence-electron chi connectivity index (χ3n) is 6.99. The number of carbonyl (C=O) groups is 1. The number of piperazine rings is 1. The number of fused-ring (bicyclic) bond motifs is 2. The van der Waals surface area contributed by atoms with Crippen LogP contribution in [-0.2, 0) is 11.8 Å². The smallest absolute Gasteiger partial charge is 0.267 e. The number of carbonyl (C=O) groups excluding carboxylic acids is 1. The average molecular weight is 557 g/mol. The molecule has 10 nitrogen and oxygen atoms in total. The summed E-state index contributed by atoms with van der Waals surface area (Å²) in [5, 5.41) is 3.12. The number of anilines is 3. The molecule has 0 unspecified atom stereocenters. The molecule has 1 aliphatic heterocycles. The van der Waals surface area contributed by atoms with E-state index in [9.17, 15) is 13.6 Å². The Bertz CT molecular complexity index is 1770. The van der Waals surface area contributed by atoms with Crippen molar-refractivity contribution in [1.82, 2.24) is 29.4 Å². The zero-order valence-corrected chi connectivity index (χ0v) is 22.2. The largest absolute Gasteiger partial charge is 0.457 e. The first kappa shape index (κ1) is 26.1. The molecule has 41 heavy (non-hydrogen) atoms. The first-order valence-electron chi connectivity index (χ1n) is 13.0. The highest BCUT2D eigenvalue weighted by atomic mass is 19.3. The molecule has 3 aromatic heterocycles. The van der Waals surface area contributed by atoms with Gasteiger partial charge in [0.15, 0.2) is 5.82 Å². The highest BCUT2D eigenvalue weighted by Crippen LogP contribution is 2.36. The SMILES string of the molecule is C=CC(=O)N1CCN(c2ccc3ncnc(Nc4ccc(Oc5ccc6c(c5)ncn6C)c(C(F)F)c4)c3n2)CC1. The Morgan fingerprint density at radius 1 is 1.02 bits per heavy atom. The third-order valence-corrected chi connectivity index (χ3v) is 6.99. The van der Waals surface area contributed by atoms with E-state index in [0.29, 0.717) is 65.8 Å². The lowest BCUT2D eigenvalue weighted by atomic mass is 10.1. The van der Waals surface area contributed by atoms with Crippen molar-refractivity contribution in [2.75, 3.05) is 36.4 Å². The Morgan fingerprint density at radius 2 is 1.85 bits per heavy atom. The van der Waals surface area contributed by atoms with Crippen molar-refractivity contribution in [1.29, 1.82) is 0 Å². The maximum Gasteiger partial charge on any atom is 0.267 e. The average Bonchev–Trinajstić information content (AvgIpc) is 3.37. The Kier molecular flexibility index (Phi) is 6.88. The molecular weight excluding hydrogens is 530 g/mol. The number of amides is 1. The first-order chi connectivity index (χ1) is 19.9. The lowest BCUT2D eigenvalue weighted by molar-refractivity contribution is -0.126. The number of aromatic nitrogens is 5. The number of nitrogens with zero attached hydrogens (tertiary/aromatic N) is 7. The van der Waals surface area contributed by atoms with E-state index in [1.807, 2.05) is 29.8 Å². The first-order valence-corrected chi connectivity index (χ1v) is 13.0. The number of ether oxygens (including phenoxy) is 1. The minimum Gasteiger partial charge on any atom is -0.457 e. The molecule has 0 spiro atoms. The number of rotatable bonds is 7. The van der Waals surface area contributed by atoms with Gasteiger partial charge in [-0.3, -0.25) is 4.79 Å². The van der Waals surface area contributed by atoms with Crippen LogP contribution < -0.4 is 15.0 Å². The van der Waals surface area contributed by atoms with Crippen LogP contribution in [0.15, 0.2) is 73.8 Å². The van der Waals surface area contributed by atoms with Crippen LogP contribution in [0.3, 0.4) is 0 Å². The van der Waals surface area contributed by atoms with Crippen molar-refractivity contribution < 1.29 is 18.3 Å². The molecule has 12 heteroatoms. The van der Waals surface area contributed by atoms with Gasteiger partial charge in [0, 0.05) is 45.0 Å². The molecule has 1 aliphatic rings. The second-order valence-electron chi connectivity index (χ2n) is 9.56. The van der Waals surface area contributed by atoms with Crippen molar-refractivity contribution in [3.63, 3.8) is 0 Å². The molecular formula is C29H26F2N8O2. The fraction of sp³-hybridized carbons (Fsp3) is 0.207. The molecule has 0 bridgehead atoms. The zero-order valence-electron chi connectivity index (χ0n) is 22.2. The van der Waals surface area contributed by atoms with Crippen molar-refractivity contribution >= 4 is 45.3 Å². The van der Waals surface area contributed by atoms with Gasteiger partial charge in [-0.25, -0.2) is 28.7 Å². The molecule has 4 heterocycles. The maximum atomic E-state index is 14.1. The Balaban J connectivity index is 1.25. The van der Waals surface area contributed by atoms with Crippen LogP contribution in [0, 0.1) is 0 Å². The van der Waals surface area contributed by atoms with Gasteiger partial charge in [0.25, 0.3) is 6.43 Å². The summed E-state index contributed by atoms with van der Waals surface area (Å²) in [5.74, 6) is 1.45. The number of nitrogens with one attached hydrogen (secondary N) is 1. The van der Waals surface area contributed by atoms with Gasteiger partial charge in [0.2, 0.25) is 5.91 Å². The number of aryl methyl sites for hydroxylation is 1. The summed E-state index contributed by atoms with van der Waals surface area (Å²) >= 11 is 0. The van der Waals surface area contributed by atoms with Crippen LogP contribution in [-0.4, -0.2) is 61.5 Å². The standard InChI is InChI=1S/C29H26F2N8O2/c1-3-26(40)39-12-10-38(11-13-39)25-9-6-21-27(36-25)29(33-16-32-21)35-18-4-8-24(20(14-18)28(30)31)41-19-5-7-23-22(15-19)34-17-37(23)2/h3-9,14-17,28H,1,10-13H2,2H3,(H,32,33,35). The van der Waals surface area contributed by atoms with Crippen LogP contribution in [0.2, 0.25) is 0 Å². The lowest BCUT2D eigenvalue weighted by Crippen LogP contribution is -2.48. The van der Waals surface area contributed by atoms with Gasteiger partial charge in [0.1, 0.15) is 29.2 Å². The summed E-state index contributed by atoms with van der Waals surface area (Å²) in [5.41, 5.74) is 2.84. The molecule has 1 saturated heterocycles. The van der Waals surface area contributed by atoms with Crippen LogP contribution >= 0.6 is 0 Å². The minimum absolute atomic E-state index is 0.0443. The monoisotopic (exact) mass is 556 g/mol. The number of benzene rings is 2. The third kappa shape index (κ3) is 5.23. The van der Waals surface area contributed by atoms with E-state index in [-0.39, 0.29) is 17.2 Å². The molecule has 2 aromatic carbocycles. The topological polar surface area (TPSA) is 101 Å². The summed E-state index contributed by atoms with van der Waals surface area (Å²) in [6.45, 7) is 5.89. The number of pyridine rings is 1. The number of halogens is 2. The summed E-state index contributed by atoms with van der Waals surface area (Å²) in [7, 11) is 1.88. The number of imidazole rings is 1. The van der Waals surface area contributed by atoms with Gasteiger partial charge >= 0.3 is 0 Å². The summed E-state index contributed by atoms with van der Waals surface area (Å²) in [4.78, 5) is 33.5. The van der Waals surface area contributed by atoms with E-state index in [2.05, 4.69) is 31.7 Å². The Hall–Kier alpha value is -5.13. The van der Waals surface area contributed by atoms with E-state index in [1.165, 1.54) is 24.5 Å². The molecule has 0 aliphatic carbocycles. The second-order valence-corrected chi connectivity index (χ2v) is 9.56. The fourth-order valence-corrected chi connectivity index (χ4v) is 4.82. The predicted octanol–water partition coefficient (Wildman–Crippen LogP) is 5.22. The summed E-state index contributed by atoms with van der Waals surface area (Å²) < 4.78 is 36.0. The van der Waals surface area contributed by atoms with Gasteiger partial charge < -0.3 is 24.4 Å². The Morgan fingerprint density at radius 3 is 2.63 bits per heavy atom. The highest BCUT2D eigenvalue weighted by molar-refractivity contribution is 5.89. The van der Waals surface area contributed by atoms with Crippen LogP contribution in [0.4, 0.5) is 26.1 Å². The minimum atomic E-state index is -2.77. The zero-order chi connectivity index (χ0) is 28.5. The molecule has 1 amide bonds. The van der Waals surface area contributed by atoms with Crippen molar-refractivity contribution in [3.8, 4) is 11.5 Å². The van der Waals surface area contributed by atoms with Crippen LogP contribution in [0.25, 0.3) is 22.1 Å².